The van der Waals surface area contributed by atoms with E-state index in [9.17, 15) is 0 Å². The van der Waals surface area contributed by atoms with E-state index in [0.717, 1.165) is 27.1 Å². The van der Waals surface area contributed by atoms with Gasteiger partial charge >= 0.3 is 0 Å². The third-order valence-corrected chi connectivity index (χ3v) is 5.62. The molecule has 21 heavy (non-hydrogen) atoms. The smallest absolute Gasteiger partial charge is 0.162 e. The molecule has 110 valence electrons. The van der Waals surface area contributed by atoms with Crippen LogP contribution in [0.1, 0.15) is 16.0 Å². The van der Waals surface area contributed by atoms with Gasteiger partial charge in [0.1, 0.15) is 13.2 Å². The lowest BCUT2D eigenvalue weighted by atomic mass is 10.0. The van der Waals surface area contributed by atoms with Crippen molar-refractivity contribution in [3.8, 4) is 11.5 Å². The molecule has 0 spiro atoms. The highest BCUT2D eigenvalue weighted by atomic mass is 79.9. The average Bonchev–Trinajstić information content (AvgIpc) is 2.48. The molecule has 1 aliphatic heterocycles. The zero-order valence-electron chi connectivity index (χ0n) is 10.7. The van der Waals surface area contributed by atoms with Crippen LogP contribution in [-0.4, -0.2) is 13.2 Å². The van der Waals surface area contributed by atoms with E-state index in [2.05, 4.69) is 31.9 Å². The average molecular weight is 453 g/mol. The zero-order chi connectivity index (χ0) is 15.0. The molecule has 6 heteroatoms. The maximum Gasteiger partial charge on any atom is 0.162 e. The summed E-state index contributed by atoms with van der Waals surface area (Å²) in [7, 11) is 0. The highest BCUT2D eigenvalue weighted by Gasteiger charge is 2.20. The Morgan fingerprint density at radius 2 is 1.62 bits per heavy atom. The van der Waals surface area contributed by atoms with E-state index in [-0.39, 0.29) is 4.83 Å². The monoisotopic (exact) mass is 450 g/mol. The normalized spacial score (nSPS) is 14.9. The highest BCUT2D eigenvalue weighted by Crippen LogP contribution is 2.43. The molecule has 1 atom stereocenters. The van der Waals surface area contributed by atoms with Crippen molar-refractivity contribution in [2.45, 2.75) is 4.83 Å². The van der Waals surface area contributed by atoms with Crippen molar-refractivity contribution in [2.24, 2.45) is 0 Å². The number of halogens is 4. The minimum Gasteiger partial charge on any atom is -0.486 e. The highest BCUT2D eigenvalue weighted by molar-refractivity contribution is 9.11. The Morgan fingerprint density at radius 3 is 2.29 bits per heavy atom. The van der Waals surface area contributed by atoms with Crippen LogP contribution in [0.2, 0.25) is 10.0 Å². The lowest BCUT2D eigenvalue weighted by Gasteiger charge is -2.21. The van der Waals surface area contributed by atoms with Crippen LogP contribution in [0.3, 0.4) is 0 Å². The van der Waals surface area contributed by atoms with Gasteiger partial charge in [0, 0.05) is 4.47 Å². The fraction of sp³-hybridized carbons (Fsp3) is 0.200. The summed E-state index contributed by atoms with van der Waals surface area (Å²) < 4.78 is 12.1. The second-order valence-corrected chi connectivity index (χ2v) is 7.14. The van der Waals surface area contributed by atoms with Gasteiger partial charge in [-0.2, -0.15) is 0 Å². The minimum atomic E-state index is -0.0301. The van der Waals surface area contributed by atoms with Gasteiger partial charge in [-0.3, -0.25) is 0 Å². The van der Waals surface area contributed by atoms with E-state index < -0.39 is 0 Å². The maximum atomic E-state index is 6.09. The van der Waals surface area contributed by atoms with E-state index in [1.807, 2.05) is 24.3 Å². The number of fused-ring (bicyclic) bond motifs is 1. The van der Waals surface area contributed by atoms with Crippen LogP contribution in [-0.2, 0) is 0 Å². The minimum absolute atomic E-state index is 0.0301. The number of hydrogen-bond acceptors (Lipinski definition) is 2. The largest absolute Gasteiger partial charge is 0.486 e. The van der Waals surface area contributed by atoms with E-state index >= 15 is 0 Å². The van der Waals surface area contributed by atoms with Crippen LogP contribution in [0, 0.1) is 0 Å². The number of ether oxygens (including phenoxy) is 2. The molecular formula is C15H10Br2Cl2O2. The molecule has 2 nitrogen and oxygen atoms in total. The lowest BCUT2D eigenvalue weighted by Crippen LogP contribution is -2.15. The molecule has 2 aromatic rings. The van der Waals surface area contributed by atoms with Crippen LogP contribution >= 0.6 is 55.1 Å². The molecule has 0 saturated heterocycles. The van der Waals surface area contributed by atoms with Crippen molar-refractivity contribution in [2.75, 3.05) is 13.2 Å². The Hall–Kier alpha value is -0.420. The SMILES string of the molecule is Clc1ccc(C(Br)c2cc3c(cc2Br)OCCO3)cc1Cl. The standard InChI is InChI=1S/C15H10Br2Cl2O2/c16-10-7-14-13(20-3-4-21-14)6-9(10)15(17)8-1-2-11(18)12(19)5-8/h1-2,5-7,15H,3-4H2. The van der Waals surface area contributed by atoms with Crippen molar-refractivity contribution >= 4 is 55.1 Å². The summed E-state index contributed by atoms with van der Waals surface area (Å²) in [5, 5.41) is 1.08. The second-order valence-electron chi connectivity index (χ2n) is 4.55. The van der Waals surface area contributed by atoms with Crippen LogP contribution < -0.4 is 9.47 Å². The fourth-order valence-electron chi connectivity index (χ4n) is 2.12. The summed E-state index contributed by atoms with van der Waals surface area (Å²) in [6.45, 7) is 1.14. The van der Waals surface area contributed by atoms with Gasteiger partial charge in [-0.15, -0.1) is 0 Å². The van der Waals surface area contributed by atoms with Crippen LogP contribution in [0.15, 0.2) is 34.8 Å². The fourth-order valence-corrected chi connectivity index (χ4v) is 3.95. The molecule has 3 rings (SSSR count). The molecule has 1 aliphatic rings. The summed E-state index contributed by atoms with van der Waals surface area (Å²) in [4.78, 5) is -0.0301. The molecule has 1 heterocycles. The predicted molar refractivity (Wildman–Crippen MR) is 92.4 cm³/mol. The predicted octanol–water partition coefficient (Wildman–Crippen LogP) is 6.01. The number of benzene rings is 2. The molecule has 0 aromatic heterocycles. The molecule has 1 unspecified atom stereocenters. The first-order valence-corrected chi connectivity index (χ1v) is 8.71. The summed E-state index contributed by atoms with van der Waals surface area (Å²) in [5.74, 6) is 1.51. The molecule has 0 amide bonds. The molecule has 0 radical (unpaired) electrons. The van der Waals surface area contributed by atoms with Crippen LogP contribution in [0.25, 0.3) is 0 Å². The van der Waals surface area contributed by atoms with Gasteiger partial charge in [-0.25, -0.2) is 0 Å². The van der Waals surface area contributed by atoms with Gasteiger partial charge in [0.05, 0.1) is 14.9 Å². The molecule has 0 saturated carbocycles. The molecular weight excluding hydrogens is 443 g/mol. The molecule has 0 bridgehead atoms. The van der Waals surface area contributed by atoms with Crippen LogP contribution in [0.4, 0.5) is 0 Å². The molecule has 2 aromatic carbocycles. The maximum absolute atomic E-state index is 6.09. The Bertz CT molecular complexity index is 692. The number of rotatable bonds is 2. The van der Waals surface area contributed by atoms with E-state index in [1.54, 1.807) is 6.07 Å². The third kappa shape index (κ3) is 3.19. The summed E-state index contributed by atoms with van der Waals surface area (Å²) in [6, 6.07) is 9.49. The third-order valence-electron chi connectivity index (χ3n) is 3.17. The van der Waals surface area contributed by atoms with Crippen molar-refractivity contribution in [1.82, 2.24) is 0 Å². The first-order valence-electron chi connectivity index (χ1n) is 6.24. The van der Waals surface area contributed by atoms with Gasteiger partial charge in [0.15, 0.2) is 11.5 Å². The van der Waals surface area contributed by atoms with Gasteiger partial charge in [0.25, 0.3) is 0 Å². The Balaban J connectivity index is 2.00. The van der Waals surface area contributed by atoms with Crippen LogP contribution in [0.5, 0.6) is 11.5 Å². The van der Waals surface area contributed by atoms with Gasteiger partial charge in [0.2, 0.25) is 0 Å². The second kappa shape index (κ2) is 6.37. The number of alkyl halides is 1. The lowest BCUT2D eigenvalue weighted by molar-refractivity contribution is 0.171. The Morgan fingerprint density at radius 1 is 0.952 bits per heavy atom. The Labute approximate surface area is 149 Å². The van der Waals surface area contributed by atoms with E-state index in [0.29, 0.717) is 23.3 Å². The van der Waals surface area contributed by atoms with Gasteiger partial charge in [-0.1, -0.05) is 61.1 Å². The molecule has 0 aliphatic carbocycles. The van der Waals surface area contributed by atoms with E-state index in [4.69, 9.17) is 32.7 Å². The summed E-state index contributed by atoms with van der Waals surface area (Å²) in [5.41, 5.74) is 2.06. The number of hydrogen-bond donors (Lipinski definition) is 0. The van der Waals surface area contributed by atoms with Crippen molar-refractivity contribution < 1.29 is 9.47 Å². The van der Waals surface area contributed by atoms with Crippen molar-refractivity contribution in [1.29, 1.82) is 0 Å². The zero-order valence-corrected chi connectivity index (χ0v) is 15.4. The quantitative estimate of drug-likeness (QED) is 0.519. The topological polar surface area (TPSA) is 18.5 Å². The first kappa shape index (κ1) is 15.5. The van der Waals surface area contributed by atoms with Crippen molar-refractivity contribution in [3.63, 3.8) is 0 Å². The van der Waals surface area contributed by atoms with Gasteiger partial charge in [-0.05, 0) is 35.4 Å². The van der Waals surface area contributed by atoms with E-state index in [1.165, 1.54) is 0 Å². The Kier molecular flexibility index (Phi) is 4.69. The molecule has 0 N–H and O–H groups in total. The van der Waals surface area contributed by atoms with Gasteiger partial charge < -0.3 is 9.47 Å². The first-order chi connectivity index (χ1) is 10.1. The molecule has 0 fully saturated rings. The van der Waals surface area contributed by atoms with Crippen molar-refractivity contribution in [3.05, 3.63) is 56.0 Å². The summed E-state index contributed by atoms with van der Waals surface area (Å²) in [6.07, 6.45) is 0. The summed E-state index contributed by atoms with van der Waals surface area (Å²) >= 11 is 19.3.